The van der Waals surface area contributed by atoms with E-state index in [1.54, 1.807) is 60.7 Å². The van der Waals surface area contributed by atoms with Crippen molar-refractivity contribution in [3.05, 3.63) is 89.5 Å². The molecule has 14 heteroatoms. The molecule has 0 spiro atoms. The molecule has 1 heterocycles. The molecule has 0 bridgehead atoms. The number of urea groups is 1. The van der Waals surface area contributed by atoms with Crippen molar-refractivity contribution in [3.63, 3.8) is 0 Å². The van der Waals surface area contributed by atoms with Crippen molar-refractivity contribution >= 4 is 47.1 Å². The number of carboxylic acid groups (broad SMARTS) is 2. The second-order valence-corrected chi connectivity index (χ2v) is 14.1. The third-order valence-corrected chi connectivity index (χ3v) is 8.68. The zero-order valence-corrected chi connectivity index (χ0v) is 29.5. The van der Waals surface area contributed by atoms with Gasteiger partial charge in [-0.15, -0.1) is 0 Å². The van der Waals surface area contributed by atoms with Gasteiger partial charge in [-0.3, -0.25) is 14.4 Å². The minimum atomic E-state index is -1.39. The second-order valence-electron chi connectivity index (χ2n) is 14.1. The van der Waals surface area contributed by atoms with E-state index >= 15 is 0 Å². The van der Waals surface area contributed by atoms with Crippen LogP contribution in [-0.4, -0.2) is 80.6 Å². The Morgan fingerprint density at radius 3 is 1.75 bits per heavy atom. The highest BCUT2D eigenvalue weighted by Crippen LogP contribution is 2.33. The Bertz CT molecular complexity index is 1790. The first-order valence-corrected chi connectivity index (χ1v) is 16.9. The fourth-order valence-electron chi connectivity index (χ4n) is 6.14. The summed E-state index contributed by atoms with van der Waals surface area (Å²) in [6.45, 7) is 7.15. The number of anilines is 2. The standard InChI is InChI=1S/C38H45N5O9/c1-22(44)43-21-26(23-9-11-27(12-10-23)39-37(52)40-28-13-15-29(45)16-14-28)19-32(43)34(47)42-31(36(50)51)18-25-8-6-5-7-24(25)17-30(35(48)49)41-33(46)20-38(2,3)4/h5-16,26,30-32,45H,17-21H2,1-4H3,(H,41,46)(H,42,47)(H,48,49)(H,50,51)(H2,39,40,52). The number of aliphatic carboxylic acids is 2. The highest BCUT2D eigenvalue weighted by atomic mass is 16.4. The van der Waals surface area contributed by atoms with Crippen LogP contribution >= 0.6 is 0 Å². The summed E-state index contributed by atoms with van der Waals surface area (Å²) in [5.41, 5.74) is 2.45. The highest BCUT2D eigenvalue weighted by molar-refractivity contribution is 5.99. The lowest BCUT2D eigenvalue weighted by Crippen LogP contribution is -2.51. The quantitative estimate of drug-likeness (QED) is 0.127. The van der Waals surface area contributed by atoms with Gasteiger partial charge in [-0.1, -0.05) is 57.2 Å². The Labute approximate surface area is 301 Å². The fourth-order valence-corrected chi connectivity index (χ4v) is 6.14. The molecule has 0 radical (unpaired) electrons. The van der Waals surface area contributed by atoms with E-state index in [-0.39, 0.29) is 55.2 Å². The molecule has 1 aliphatic rings. The summed E-state index contributed by atoms with van der Waals surface area (Å²) in [6.07, 6.45) is 0.0954. The van der Waals surface area contributed by atoms with Crippen LogP contribution in [0.15, 0.2) is 72.8 Å². The summed E-state index contributed by atoms with van der Waals surface area (Å²) in [7, 11) is 0. The first-order valence-electron chi connectivity index (χ1n) is 16.9. The number of nitrogens with zero attached hydrogens (tertiary/aromatic N) is 1. The van der Waals surface area contributed by atoms with Gasteiger partial charge in [-0.05, 0) is 64.9 Å². The van der Waals surface area contributed by atoms with Crippen molar-refractivity contribution in [2.24, 2.45) is 5.41 Å². The van der Waals surface area contributed by atoms with E-state index in [0.717, 1.165) is 5.56 Å². The Balaban J connectivity index is 1.42. The van der Waals surface area contributed by atoms with Gasteiger partial charge in [0, 0.05) is 50.0 Å². The van der Waals surface area contributed by atoms with Crippen LogP contribution < -0.4 is 21.3 Å². The molecule has 4 atom stereocenters. The third kappa shape index (κ3) is 11.0. The molecule has 1 fully saturated rings. The van der Waals surface area contributed by atoms with Gasteiger partial charge >= 0.3 is 18.0 Å². The van der Waals surface area contributed by atoms with Gasteiger partial charge in [0.1, 0.15) is 23.9 Å². The summed E-state index contributed by atoms with van der Waals surface area (Å²) >= 11 is 0. The van der Waals surface area contributed by atoms with E-state index in [0.29, 0.717) is 22.5 Å². The monoisotopic (exact) mass is 715 g/mol. The van der Waals surface area contributed by atoms with E-state index in [2.05, 4.69) is 21.3 Å². The Morgan fingerprint density at radius 1 is 0.769 bits per heavy atom. The molecule has 0 aliphatic carbocycles. The number of hydrogen-bond acceptors (Lipinski definition) is 7. The van der Waals surface area contributed by atoms with Gasteiger partial charge in [0.05, 0.1) is 0 Å². The van der Waals surface area contributed by atoms with Crippen LogP contribution in [0.25, 0.3) is 0 Å². The molecule has 14 nitrogen and oxygen atoms in total. The van der Waals surface area contributed by atoms with Gasteiger partial charge in [0.25, 0.3) is 0 Å². The number of nitrogens with one attached hydrogen (secondary N) is 4. The van der Waals surface area contributed by atoms with Crippen LogP contribution in [0.1, 0.15) is 63.1 Å². The Hall–Kier alpha value is -5.92. The van der Waals surface area contributed by atoms with Crippen molar-refractivity contribution in [2.75, 3.05) is 17.2 Å². The minimum Gasteiger partial charge on any atom is -0.508 e. The number of phenols is 1. The van der Waals surface area contributed by atoms with Crippen LogP contribution in [-0.2, 0) is 36.8 Å². The van der Waals surface area contributed by atoms with Gasteiger partial charge in [-0.2, -0.15) is 0 Å². The Kier molecular flexibility index (Phi) is 12.6. The zero-order valence-electron chi connectivity index (χ0n) is 29.5. The molecule has 4 rings (SSSR count). The molecule has 0 aromatic heterocycles. The van der Waals surface area contributed by atoms with Crippen molar-refractivity contribution in [2.45, 2.75) is 77.4 Å². The maximum atomic E-state index is 13.6. The number of rotatable bonds is 13. The molecule has 3 aromatic rings. The summed E-state index contributed by atoms with van der Waals surface area (Å²) in [6, 6.07) is 15.6. The molecule has 1 aliphatic heterocycles. The lowest BCUT2D eigenvalue weighted by Gasteiger charge is -2.25. The first kappa shape index (κ1) is 38.9. The molecule has 276 valence electrons. The Morgan fingerprint density at radius 2 is 1.27 bits per heavy atom. The van der Waals surface area contributed by atoms with E-state index in [1.807, 2.05) is 20.8 Å². The SMILES string of the molecule is CC(=O)N1CC(c2ccc(NC(=O)Nc3ccc(O)cc3)cc2)CC1C(=O)NC(Cc1ccccc1CC(NC(=O)CC(C)(C)C)C(=O)O)C(=O)O. The summed E-state index contributed by atoms with van der Waals surface area (Å²) in [5.74, 6) is -4.12. The van der Waals surface area contributed by atoms with Crippen molar-refractivity contribution < 1.29 is 44.1 Å². The van der Waals surface area contributed by atoms with Gasteiger partial charge in [0.15, 0.2) is 0 Å². The predicted molar refractivity (Wildman–Crippen MR) is 193 cm³/mol. The second kappa shape index (κ2) is 16.9. The number of aromatic hydroxyl groups is 1. The molecule has 3 aromatic carbocycles. The van der Waals surface area contributed by atoms with Crippen molar-refractivity contribution in [1.29, 1.82) is 0 Å². The zero-order chi connectivity index (χ0) is 38.2. The molecule has 7 N–H and O–H groups in total. The number of carboxylic acids is 2. The molecular weight excluding hydrogens is 670 g/mol. The third-order valence-electron chi connectivity index (χ3n) is 8.68. The van der Waals surface area contributed by atoms with Gasteiger partial charge in [0.2, 0.25) is 17.7 Å². The average Bonchev–Trinajstić information content (AvgIpc) is 3.52. The molecule has 52 heavy (non-hydrogen) atoms. The summed E-state index contributed by atoms with van der Waals surface area (Å²) in [4.78, 5) is 77.0. The smallest absolute Gasteiger partial charge is 0.326 e. The minimum absolute atomic E-state index is 0.0721. The number of hydrogen-bond donors (Lipinski definition) is 7. The summed E-state index contributed by atoms with van der Waals surface area (Å²) in [5, 5.41) is 39.9. The number of phenolic OH excluding ortho intramolecular Hbond substituents is 1. The van der Waals surface area contributed by atoms with Crippen LogP contribution in [0.3, 0.4) is 0 Å². The number of carbonyl (C=O) groups excluding carboxylic acids is 4. The summed E-state index contributed by atoms with van der Waals surface area (Å²) < 4.78 is 0. The lowest BCUT2D eigenvalue weighted by atomic mass is 9.91. The van der Waals surface area contributed by atoms with Gasteiger partial charge in [-0.25, -0.2) is 14.4 Å². The van der Waals surface area contributed by atoms with E-state index in [1.165, 1.54) is 24.0 Å². The van der Waals surface area contributed by atoms with Crippen molar-refractivity contribution in [1.82, 2.24) is 15.5 Å². The molecular formula is C38H45N5O9. The highest BCUT2D eigenvalue weighted by Gasteiger charge is 2.40. The van der Waals surface area contributed by atoms with E-state index < -0.39 is 47.9 Å². The maximum Gasteiger partial charge on any atom is 0.326 e. The normalized spacial score (nSPS) is 16.7. The molecule has 1 saturated heterocycles. The van der Waals surface area contributed by atoms with Crippen LogP contribution in [0, 0.1) is 5.41 Å². The van der Waals surface area contributed by atoms with Crippen molar-refractivity contribution in [3.8, 4) is 5.75 Å². The number of benzene rings is 3. The largest absolute Gasteiger partial charge is 0.508 e. The van der Waals surface area contributed by atoms with Crippen LogP contribution in [0.4, 0.5) is 16.2 Å². The number of amides is 5. The molecule has 4 unspecified atom stereocenters. The number of likely N-dealkylation sites (tertiary alicyclic amines) is 1. The van der Waals surface area contributed by atoms with E-state index in [4.69, 9.17) is 0 Å². The van der Waals surface area contributed by atoms with Gasteiger partial charge < -0.3 is 41.5 Å². The first-order chi connectivity index (χ1) is 24.5. The fraction of sp³-hybridized carbons (Fsp3) is 0.368. The van der Waals surface area contributed by atoms with Crippen LogP contribution in [0.5, 0.6) is 5.75 Å². The van der Waals surface area contributed by atoms with E-state index in [9.17, 15) is 44.1 Å². The average molecular weight is 716 g/mol. The molecule has 5 amide bonds. The predicted octanol–water partition coefficient (Wildman–Crippen LogP) is 4.10. The van der Waals surface area contributed by atoms with Crippen LogP contribution in [0.2, 0.25) is 0 Å². The number of carbonyl (C=O) groups is 6. The maximum absolute atomic E-state index is 13.6. The topological polar surface area (TPSA) is 214 Å². The molecule has 0 saturated carbocycles. The lowest BCUT2D eigenvalue weighted by molar-refractivity contribution is -0.143.